The van der Waals surface area contributed by atoms with Crippen molar-refractivity contribution >= 4 is 33.2 Å². The zero-order chi connectivity index (χ0) is 12.1. The van der Waals surface area contributed by atoms with Crippen molar-refractivity contribution in [1.29, 1.82) is 0 Å². The Labute approximate surface area is 114 Å². The molecule has 17 heavy (non-hydrogen) atoms. The first-order chi connectivity index (χ1) is 8.25. The van der Waals surface area contributed by atoms with Crippen molar-refractivity contribution in [1.82, 2.24) is 4.98 Å². The fraction of sp³-hybridized carbons (Fsp3) is 0.154. The van der Waals surface area contributed by atoms with Gasteiger partial charge in [-0.25, -0.2) is 0 Å². The lowest BCUT2D eigenvalue weighted by atomic mass is 10.2. The van der Waals surface area contributed by atoms with Crippen LogP contribution < -0.4 is 5.32 Å². The lowest BCUT2D eigenvalue weighted by Crippen LogP contribution is -2.05. The van der Waals surface area contributed by atoms with Gasteiger partial charge in [0.1, 0.15) is 0 Å². The summed E-state index contributed by atoms with van der Waals surface area (Å²) in [5.74, 6) is 0. The smallest absolute Gasteiger partial charge is 0.0638 e. The van der Waals surface area contributed by atoms with E-state index < -0.39 is 0 Å². The van der Waals surface area contributed by atoms with Crippen LogP contribution in [0.4, 0.5) is 5.69 Å². The zero-order valence-electron chi connectivity index (χ0n) is 9.16. The standard InChI is InChI=1S/C13H12BrClN2/c14-11-3-4-12(15)13(8-11)17-7-5-10-2-1-6-16-9-10/h1-4,6,8-9,17H,5,7H2. The summed E-state index contributed by atoms with van der Waals surface area (Å²) < 4.78 is 1.02. The first-order valence-corrected chi connectivity index (χ1v) is 6.50. The first kappa shape index (κ1) is 12.4. The van der Waals surface area contributed by atoms with Crippen LogP contribution in [-0.4, -0.2) is 11.5 Å². The molecule has 1 aromatic heterocycles. The van der Waals surface area contributed by atoms with Crippen LogP contribution in [-0.2, 0) is 6.42 Å². The maximum atomic E-state index is 6.08. The van der Waals surface area contributed by atoms with E-state index in [-0.39, 0.29) is 0 Å². The summed E-state index contributed by atoms with van der Waals surface area (Å²) >= 11 is 9.51. The highest BCUT2D eigenvalue weighted by Crippen LogP contribution is 2.25. The predicted octanol–water partition coefficient (Wildman–Crippen LogP) is 4.15. The summed E-state index contributed by atoms with van der Waals surface area (Å²) in [5, 5.41) is 4.05. The van der Waals surface area contributed by atoms with E-state index in [4.69, 9.17) is 11.6 Å². The topological polar surface area (TPSA) is 24.9 Å². The lowest BCUT2D eigenvalue weighted by molar-refractivity contribution is 1.00. The molecule has 0 atom stereocenters. The van der Waals surface area contributed by atoms with Crippen molar-refractivity contribution in [3.8, 4) is 0 Å². The number of halogens is 2. The molecule has 0 spiro atoms. The summed E-state index contributed by atoms with van der Waals surface area (Å²) in [6.07, 6.45) is 4.59. The van der Waals surface area contributed by atoms with Crippen molar-refractivity contribution in [2.75, 3.05) is 11.9 Å². The Morgan fingerprint density at radius 3 is 2.94 bits per heavy atom. The van der Waals surface area contributed by atoms with Crippen molar-refractivity contribution in [2.24, 2.45) is 0 Å². The van der Waals surface area contributed by atoms with Crippen molar-refractivity contribution in [3.05, 3.63) is 57.8 Å². The van der Waals surface area contributed by atoms with Gasteiger partial charge in [0, 0.05) is 23.4 Å². The van der Waals surface area contributed by atoms with Crippen LogP contribution in [0.5, 0.6) is 0 Å². The molecule has 88 valence electrons. The molecule has 0 amide bonds. The largest absolute Gasteiger partial charge is 0.383 e. The Kier molecular flexibility index (Phi) is 4.40. The van der Waals surface area contributed by atoms with E-state index in [0.29, 0.717) is 0 Å². The number of rotatable bonds is 4. The number of anilines is 1. The van der Waals surface area contributed by atoms with Gasteiger partial charge in [-0.1, -0.05) is 33.6 Å². The lowest BCUT2D eigenvalue weighted by Gasteiger charge is -2.08. The van der Waals surface area contributed by atoms with Crippen LogP contribution in [0.2, 0.25) is 5.02 Å². The molecule has 0 saturated heterocycles. The molecule has 2 nitrogen and oxygen atoms in total. The van der Waals surface area contributed by atoms with Crippen LogP contribution in [0.3, 0.4) is 0 Å². The van der Waals surface area contributed by atoms with E-state index in [9.17, 15) is 0 Å². The van der Waals surface area contributed by atoms with Crippen molar-refractivity contribution in [2.45, 2.75) is 6.42 Å². The summed E-state index contributed by atoms with van der Waals surface area (Å²) in [4.78, 5) is 4.08. The number of aromatic nitrogens is 1. The van der Waals surface area contributed by atoms with Gasteiger partial charge in [0.15, 0.2) is 0 Å². The number of nitrogens with one attached hydrogen (secondary N) is 1. The van der Waals surface area contributed by atoms with E-state index in [1.165, 1.54) is 5.56 Å². The fourth-order valence-corrected chi connectivity index (χ4v) is 2.07. The molecule has 0 aliphatic rings. The molecule has 4 heteroatoms. The van der Waals surface area contributed by atoms with Gasteiger partial charge in [0.05, 0.1) is 10.7 Å². The molecule has 0 fully saturated rings. The minimum Gasteiger partial charge on any atom is -0.383 e. The maximum Gasteiger partial charge on any atom is 0.0638 e. The molecular formula is C13H12BrClN2. The van der Waals surface area contributed by atoms with Gasteiger partial charge >= 0.3 is 0 Å². The molecule has 0 unspecified atom stereocenters. The van der Waals surface area contributed by atoms with Crippen LogP contribution >= 0.6 is 27.5 Å². The minimum absolute atomic E-state index is 0.736. The molecule has 0 aliphatic carbocycles. The highest BCUT2D eigenvalue weighted by Gasteiger charge is 2.00. The van der Waals surface area contributed by atoms with Crippen LogP contribution in [0.15, 0.2) is 47.2 Å². The molecule has 0 saturated carbocycles. The Morgan fingerprint density at radius 1 is 1.29 bits per heavy atom. The van der Waals surface area contributed by atoms with Crippen LogP contribution in [0, 0.1) is 0 Å². The van der Waals surface area contributed by atoms with Crippen LogP contribution in [0.1, 0.15) is 5.56 Å². The molecule has 1 N–H and O–H groups in total. The minimum atomic E-state index is 0.736. The second-order valence-electron chi connectivity index (χ2n) is 3.66. The average molecular weight is 312 g/mol. The predicted molar refractivity (Wildman–Crippen MR) is 75.6 cm³/mol. The highest BCUT2D eigenvalue weighted by atomic mass is 79.9. The molecule has 2 aromatic rings. The van der Waals surface area contributed by atoms with Gasteiger partial charge < -0.3 is 5.32 Å². The monoisotopic (exact) mass is 310 g/mol. The quantitative estimate of drug-likeness (QED) is 0.917. The third kappa shape index (κ3) is 3.72. The van der Waals surface area contributed by atoms with Crippen LogP contribution in [0.25, 0.3) is 0 Å². The molecular weight excluding hydrogens is 300 g/mol. The second kappa shape index (κ2) is 6.03. The first-order valence-electron chi connectivity index (χ1n) is 5.33. The van der Waals surface area contributed by atoms with E-state index in [1.807, 2.05) is 30.5 Å². The van der Waals surface area contributed by atoms with E-state index >= 15 is 0 Å². The Balaban J connectivity index is 1.92. The molecule has 2 rings (SSSR count). The summed E-state index contributed by atoms with van der Waals surface area (Å²) in [6.45, 7) is 0.835. The fourth-order valence-electron chi connectivity index (χ4n) is 1.52. The van der Waals surface area contributed by atoms with Gasteiger partial charge in [0.25, 0.3) is 0 Å². The Hall–Kier alpha value is -1.06. The van der Waals surface area contributed by atoms with E-state index in [2.05, 4.69) is 32.3 Å². The Morgan fingerprint density at radius 2 is 2.18 bits per heavy atom. The number of benzene rings is 1. The number of nitrogens with zero attached hydrogens (tertiary/aromatic N) is 1. The average Bonchev–Trinajstić information content (AvgIpc) is 2.35. The number of hydrogen-bond donors (Lipinski definition) is 1. The SMILES string of the molecule is Clc1ccc(Br)cc1NCCc1cccnc1. The second-order valence-corrected chi connectivity index (χ2v) is 4.99. The molecule has 0 radical (unpaired) electrons. The molecule has 1 heterocycles. The van der Waals surface area contributed by atoms with Crippen molar-refractivity contribution < 1.29 is 0 Å². The summed E-state index contributed by atoms with van der Waals surface area (Å²) in [6, 6.07) is 9.79. The third-order valence-electron chi connectivity index (χ3n) is 2.38. The third-order valence-corrected chi connectivity index (χ3v) is 3.20. The maximum absolute atomic E-state index is 6.08. The summed E-state index contributed by atoms with van der Waals surface area (Å²) in [7, 11) is 0. The van der Waals surface area contributed by atoms with E-state index in [1.54, 1.807) is 6.20 Å². The number of pyridine rings is 1. The van der Waals surface area contributed by atoms with Gasteiger partial charge in [-0.15, -0.1) is 0 Å². The van der Waals surface area contributed by atoms with Gasteiger partial charge in [0.2, 0.25) is 0 Å². The highest BCUT2D eigenvalue weighted by molar-refractivity contribution is 9.10. The van der Waals surface area contributed by atoms with E-state index in [0.717, 1.165) is 28.1 Å². The summed E-state index contributed by atoms with van der Waals surface area (Å²) in [5.41, 5.74) is 2.16. The number of hydrogen-bond acceptors (Lipinski definition) is 2. The zero-order valence-corrected chi connectivity index (χ0v) is 11.5. The Bertz CT molecular complexity index is 488. The van der Waals surface area contributed by atoms with Gasteiger partial charge in [-0.3, -0.25) is 4.98 Å². The molecule has 0 aliphatic heterocycles. The van der Waals surface area contributed by atoms with Crippen molar-refractivity contribution in [3.63, 3.8) is 0 Å². The normalized spacial score (nSPS) is 10.2. The molecule has 0 bridgehead atoms. The van der Waals surface area contributed by atoms with Gasteiger partial charge in [-0.05, 0) is 36.2 Å². The van der Waals surface area contributed by atoms with Gasteiger partial charge in [-0.2, -0.15) is 0 Å². The molecule has 1 aromatic carbocycles.